The summed E-state index contributed by atoms with van der Waals surface area (Å²) in [5, 5.41) is 2.13. The summed E-state index contributed by atoms with van der Waals surface area (Å²) < 4.78 is 55.3. The summed E-state index contributed by atoms with van der Waals surface area (Å²) in [6.45, 7) is 3.57. The van der Waals surface area contributed by atoms with Crippen molar-refractivity contribution in [2.75, 3.05) is 45.3 Å². The van der Waals surface area contributed by atoms with Crippen LogP contribution in [0.5, 0.6) is 5.75 Å². The highest BCUT2D eigenvalue weighted by molar-refractivity contribution is 7.96. The van der Waals surface area contributed by atoms with E-state index >= 15 is 0 Å². The standard InChI is InChI=1S/C16H26N2O5S2/c1-4-23-13-5-7-14(8-6-13)25(21,22)16-12-24(19,20)11-15(16)17-9-10-18(2)3/h5-8,15-17H,4,9-12H2,1-3H3/t15-,16-/m0/s1. The van der Waals surface area contributed by atoms with Crippen molar-refractivity contribution >= 4 is 19.7 Å². The number of sulfone groups is 2. The van der Waals surface area contributed by atoms with Gasteiger partial charge >= 0.3 is 0 Å². The van der Waals surface area contributed by atoms with Crippen molar-refractivity contribution in [2.24, 2.45) is 0 Å². The van der Waals surface area contributed by atoms with Gasteiger partial charge in [-0.25, -0.2) is 16.8 Å². The second-order valence-electron chi connectivity index (χ2n) is 6.43. The average Bonchev–Trinajstić information content (AvgIpc) is 2.83. The first kappa shape index (κ1) is 20.2. The van der Waals surface area contributed by atoms with Crippen LogP contribution in [0.15, 0.2) is 29.2 Å². The zero-order chi connectivity index (χ0) is 18.7. The molecule has 1 heterocycles. The van der Waals surface area contributed by atoms with E-state index in [2.05, 4.69) is 5.32 Å². The molecule has 25 heavy (non-hydrogen) atoms. The first-order valence-electron chi connectivity index (χ1n) is 8.21. The number of rotatable bonds is 8. The van der Waals surface area contributed by atoms with Gasteiger partial charge in [-0.3, -0.25) is 0 Å². The Bertz CT molecular complexity index is 773. The van der Waals surface area contributed by atoms with E-state index in [4.69, 9.17) is 4.74 Å². The van der Waals surface area contributed by atoms with E-state index in [-0.39, 0.29) is 16.4 Å². The van der Waals surface area contributed by atoms with Crippen LogP contribution >= 0.6 is 0 Å². The lowest BCUT2D eigenvalue weighted by atomic mass is 10.2. The van der Waals surface area contributed by atoms with Crippen molar-refractivity contribution in [3.63, 3.8) is 0 Å². The number of hydrogen-bond donors (Lipinski definition) is 1. The van der Waals surface area contributed by atoms with Gasteiger partial charge in [0.25, 0.3) is 0 Å². The molecule has 0 aliphatic carbocycles. The zero-order valence-corrected chi connectivity index (χ0v) is 16.4. The summed E-state index contributed by atoms with van der Waals surface area (Å²) in [5.41, 5.74) is 0. The molecule has 1 aliphatic heterocycles. The molecule has 1 fully saturated rings. The third kappa shape index (κ3) is 5.16. The fraction of sp³-hybridized carbons (Fsp3) is 0.625. The Labute approximate surface area is 150 Å². The Kier molecular flexibility index (Phi) is 6.47. The molecule has 7 nitrogen and oxygen atoms in total. The molecule has 0 spiro atoms. The van der Waals surface area contributed by atoms with Gasteiger partial charge in [-0.05, 0) is 45.3 Å². The van der Waals surface area contributed by atoms with E-state index < -0.39 is 31.0 Å². The van der Waals surface area contributed by atoms with Crippen LogP contribution in [-0.4, -0.2) is 78.3 Å². The summed E-state index contributed by atoms with van der Waals surface area (Å²) in [5.74, 6) is 0.0879. The maximum absolute atomic E-state index is 12.9. The number of ether oxygens (including phenoxy) is 1. The maximum atomic E-state index is 12.9. The number of nitrogens with one attached hydrogen (secondary N) is 1. The Balaban J connectivity index is 2.21. The normalized spacial score (nSPS) is 23.0. The molecule has 2 rings (SSSR count). The van der Waals surface area contributed by atoms with Crippen molar-refractivity contribution in [1.29, 1.82) is 0 Å². The summed E-state index contributed by atoms with van der Waals surface area (Å²) >= 11 is 0. The van der Waals surface area contributed by atoms with Gasteiger partial charge in [0.1, 0.15) is 5.75 Å². The summed E-state index contributed by atoms with van der Waals surface area (Å²) in [6.07, 6.45) is 0. The number of likely N-dealkylation sites (N-methyl/N-ethyl adjacent to an activating group) is 1. The van der Waals surface area contributed by atoms with Gasteiger partial charge < -0.3 is 15.0 Å². The predicted octanol–water partition coefficient (Wildman–Crippen LogP) is 0.176. The van der Waals surface area contributed by atoms with Crippen molar-refractivity contribution < 1.29 is 21.6 Å². The lowest BCUT2D eigenvalue weighted by Gasteiger charge is -2.21. The van der Waals surface area contributed by atoms with Crippen molar-refractivity contribution in [3.05, 3.63) is 24.3 Å². The molecule has 1 N–H and O–H groups in total. The van der Waals surface area contributed by atoms with Gasteiger partial charge in [0.2, 0.25) is 0 Å². The van der Waals surface area contributed by atoms with Crippen LogP contribution in [0.4, 0.5) is 0 Å². The van der Waals surface area contributed by atoms with Crippen LogP contribution < -0.4 is 10.1 Å². The summed E-state index contributed by atoms with van der Waals surface area (Å²) in [4.78, 5) is 2.07. The second-order valence-corrected chi connectivity index (χ2v) is 10.7. The Morgan fingerprint density at radius 1 is 1.20 bits per heavy atom. The minimum Gasteiger partial charge on any atom is -0.494 e. The Morgan fingerprint density at radius 3 is 2.40 bits per heavy atom. The van der Waals surface area contributed by atoms with E-state index in [9.17, 15) is 16.8 Å². The fourth-order valence-corrected chi connectivity index (χ4v) is 7.57. The van der Waals surface area contributed by atoms with E-state index in [1.165, 1.54) is 12.1 Å². The largest absolute Gasteiger partial charge is 0.494 e. The first-order valence-corrected chi connectivity index (χ1v) is 11.6. The second kappa shape index (κ2) is 8.03. The van der Waals surface area contributed by atoms with Crippen LogP contribution in [0.1, 0.15) is 6.92 Å². The zero-order valence-electron chi connectivity index (χ0n) is 14.8. The quantitative estimate of drug-likeness (QED) is 0.677. The van der Waals surface area contributed by atoms with E-state index in [0.29, 0.717) is 25.4 Å². The molecule has 9 heteroatoms. The highest BCUT2D eigenvalue weighted by Gasteiger charge is 2.45. The third-order valence-corrected chi connectivity index (χ3v) is 8.29. The van der Waals surface area contributed by atoms with E-state index in [1.807, 2.05) is 25.9 Å². The van der Waals surface area contributed by atoms with Gasteiger partial charge in [0.05, 0.1) is 28.3 Å². The monoisotopic (exact) mass is 390 g/mol. The Hall–Kier alpha value is -1.16. The van der Waals surface area contributed by atoms with Gasteiger partial charge in [-0.1, -0.05) is 0 Å². The van der Waals surface area contributed by atoms with Crippen LogP contribution in [0.2, 0.25) is 0 Å². The molecular formula is C16H26N2O5S2. The van der Waals surface area contributed by atoms with Crippen molar-refractivity contribution in [1.82, 2.24) is 10.2 Å². The van der Waals surface area contributed by atoms with Crippen LogP contribution in [0.25, 0.3) is 0 Å². The maximum Gasteiger partial charge on any atom is 0.183 e. The minimum absolute atomic E-state index is 0.123. The molecule has 0 radical (unpaired) electrons. The highest BCUT2D eigenvalue weighted by atomic mass is 32.2. The first-order chi connectivity index (χ1) is 11.7. The van der Waals surface area contributed by atoms with E-state index in [0.717, 1.165) is 0 Å². The smallest absolute Gasteiger partial charge is 0.183 e. The molecule has 1 saturated heterocycles. The topological polar surface area (TPSA) is 92.8 Å². The average molecular weight is 391 g/mol. The molecule has 0 aromatic heterocycles. The summed E-state index contributed by atoms with van der Waals surface area (Å²) in [7, 11) is -3.33. The SMILES string of the molecule is CCOc1ccc(S(=O)(=O)[C@H]2CS(=O)(=O)C[C@@H]2NCCN(C)C)cc1. The van der Waals surface area contributed by atoms with Crippen LogP contribution in [-0.2, 0) is 19.7 Å². The molecule has 0 bridgehead atoms. The van der Waals surface area contributed by atoms with Crippen LogP contribution in [0, 0.1) is 0 Å². The molecular weight excluding hydrogens is 364 g/mol. The molecule has 0 unspecified atom stereocenters. The third-order valence-electron chi connectivity index (χ3n) is 4.13. The van der Waals surface area contributed by atoms with Crippen molar-refractivity contribution in [3.8, 4) is 5.75 Å². The van der Waals surface area contributed by atoms with Gasteiger partial charge in [0.15, 0.2) is 19.7 Å². The molecule has 1 aromatic rings. The molecule has 142 valence electrons. The number of benzene rings is 1. The number of hydrogen-bond acceptors (Lipinski definition) is 7. The molecule has 0 amide bonds. The van der Waals surface area contributed by atoms with Crippen LogP contribution in [0.3, 0.4) is 0 Å². The fourth-order valence-electron chi connectivity index (χ4n) is 2.85. The molecule has 1 aliphatic rings. The van der Waals surface area contributed by atoms with Gasteiger partial charge in [0, 0.05) is 19.1 Å². The molecule has 1 aromatic carbocycles. The number of nitrogens with zero attached hydrogens (tertiary/aromatic N) is 1. The van der Waals surface area contributed by atoms with E-state index in [1.54, 1.807) is 12.1 Å². The lowest BCUT2D eigenvalue weighted by molar-refractivity contribution is 0.340. The van der Waals surface area contributed by atoms with Gasteiger partial charge in [-0.15, -0.1) is 0 Å². The summed E-state index contributed by atoms with van der Waals surface area (Å²) in [6, 6.07) is 5.54. The highest BCUT2D eigenvalue weighted by Crippen LogP contribution is 2.27. The van der Waals surface area contributed by atoms with Crippen molar-refractivity contribution in [2.45, 2.75) is 23.1 Å². The predicted molar refractivity (Wildman–Crippen MR) is 97.6 cm³/mol. The molecule has 0 saturated carbocycles. The Morgan fingerprint density at radius 2 is 1.84 bits per heavy atom. The lowest BCUT2D eigenvalue weighted by Crippen LogP contribution is -2.45. The minimum atomic E-state index is -3.75. The molecule has 2 atom stereocenters. The van der Waals surface area contributed by atoms with Gasteiger partial charge in [-0.2, -0.15) is 0 Å².